The molecule has 0 aliphatic carbocycles. The number of nitrogens with zero attached hydrogens (tertiary/aromatic N) is 2. The molecule has 2 aromatic rings. The Morgan fingerprint density at radius 3 is 2.34 bits per heavy atom. The van der Waals surface area contributed by atoms with Gasteiger partial charge in [-0.25, -0.2) is 0 Å². The number of benzene rings is 1. The van der Waals surface area contributed by atoms with Crippen molar-refractivity contribution in [3.05, 3.63) is 77.3 Å². The van der Waals surface area contributed by atoms with Crippen molar-refractivity contribution in [2.24, 2.45) is 22.7 Å². The Kier molecular flexibility index (Phi) is 11.0. The van der Waals surface area contributed by atoms with Gasteiger partial charge < -0.3 is 4.74 Å². The van der Waals surface area contributed by atoms with E-state index in [0.717, 1.165) is 64.6 Å². The predicted octanol–water partition coefficient (Wildman–Crippen LogP) is 8.84. The Hall–Kier alpha value is -3.12. The number of unbranched alkanes of at least 4 members (excludes halogenated alkanes) is 1. The van der Waals surface area contributed by atoms with Crippen molar-refractivity contribution in [3.8, 4) is 23.3 Å². The molecule has 0 radical (unpaired) electrons. The van der Waals surface area contributed by atoms with Gasteiger partial charge in [0.15, 0.2) is 0 Å². The summed E-state index contributed by atoms with van der Waals surface area (Å²) in [5.41, 5.74) is 5.94. The van der Waals surface area contributed by atoms with Gasteiger partial charge in [0.2, 0.25) is 0 Å². The lowest BCUT2D eigenvalue weighted by molar-refractivity contribution is 0.479. The van der Waals surface area contributed by atoms with Crippen LogP contribution in [0.15, 0.2) is 59.8 Å². The fraction of sp³-hybridized carbons (Fsp3) is 0.438. The third-order valence-corrected chi connectivity index (χ3v) is 6.34. The van der Waals surface area contributed by atoms with Gasteiger partial charge >= 0.3 is 0 Å². The quantitative estimate of drug-likeness (QED) is 0.197. The van der Waals surface area contributed by atoms with Crippen LogP contribution in [-0.2, 0) is 0 Å². The number of hydrogen-bond donors (Lipinski definition) is 0. The highest BCUT2D eigenvalue weighted by molar-refractivity contribution is 6.04. The molecule has 0 saturated carbocycles. The highest BCUT2D eigenvalue weighted by Crippen LogP contribution is 2.31. The Balaban J connectivity index is 2.67. The van der Waals surface area contributed by atoms with Crippen LogP contribution in [0.4, 0.5) is 0 Å². The molecule has 0 saturated heterocycles. The molecule has 3 nitrogen and oxygen atoms in total. The van der Waals surface area contributed by atoms with Crippen molar-refractivity contribution in [2.75, 3.05) is 0 Å². The Morgan fingerprint density at radius 1 is 1.09 bits per heavy atom. The molecule has 0 bridgehead atoms. The second-order valence-electron chi connectivity index (χ2n) is 9.64. The van der Waals surface area contributed by atoms with Crippen molar-refractivity contribution in [3.63, 3.8) is 0 Å². The number of allylic oxidation sites excluding steroid dienone is 2. The van der Waals surface area contributed by atoms with E-state index in [2.05, 4.69) is 77.1 Å². The summed E-state index contributed by atoms with van der Waals surface area (Å²) in [5.74, 6) is 9.22. The van der Waals surface area contributed by atoms with Gasteiger partial charge in [-0.1, -0.05) is 66.0 Å². The van der Waals surface area contributed by atoms with E-state index in [9.17, 15) is 0 Å². The van der Waals surface area contributed by atoms with E-state index in [0.29, 0.717) is 11.8 Å². The van der Waals surface area contributed by atoms with Crippen molar-refractivity contribution in [1.29, 1.82) is 0 Å². The maximum atomic E-state index is 6.48. The number of ether oxygens (including phenoxy) is 1. The van der Waals surface area contributed by atoms with Crippen LogP contribution in [0.25, 0.3) is 0 Å². The fourth-order valence-electron chi connectivity index (χ4n) is 3.71. The summed E-state index contributed by atoms with van der Waals surface area (Å²) in [6.07, 6.45) is 6.80. The van der Waals surface area contributed by atoms with Crippen molar-refractivity contribution in [2.45, 2.75) is 74.7 Å². The zero-order valence-corrected chi connectivity index (χ0v) is 22.9. The second kappa shape index (κ2) is 13.7. The summed E-state index contributed by atoms with van der Waals surface area (Å²) in [7, 11) is 0. The van der Waals surface area contributed by atoms with E-state index in [1.165, 1.54) is 0 Å². The molecule has 1 aromatic carbocycles. The van der Waals surface area contributed by atoms with E-state index in [-0.39, 0.29) is 5.92 Å². The summed E-state index contributed by atoms with van der Waals surface area (Å²) in [6.45, 7) is 21.2. The minimum atomic E-state index is 0.256. The molecule has 0 aliphatic rings. The van der Waals surface area contributed by atoms with Gasteiger partial charge in [-0.3, -0.25) is 9.98 Å². The molecule has 1 heterocycles. The number of rotatable bonds is 10. The van der Waals surface area contributed by atoms with E-state index in [4.69, 9.17) is 9.73 Å². The molecule has 3 heteroatoms. The largest absolute Gasteiger partial charge is 0.456 e. The minimum absolute atomic E-state index is 0.256. The predicted molar refractivity (Wildman–Crippen MR) is 150 cm³/mol. The molecule has 35 heavy (non-hydrogen) atoms. The van der Waals surface area contributed by atoms with Crippen LogP contribution in [0.2, 0.25) is 0 Å². The Labute approximate surface area is 213 Å². The van der Waals surface area contributed by atoms with E-state index in [1.54, 1.807) is 0 Å². The van der Waals surface area contributed by atoms with Crippen LogP contribution in [-0.4, -0.2) is 10.7 Å². The van der Waals surface area contributed by atoms with Crippen LogP contribution in [0.1, 0.15) is 83.3 Å². The first kappa shape index (κ1) is 28.1. The molecular formula is C32H42N2O. The lowest BCUT2D eigenvalue weighted by Gasteiger charge is -2.19. The third-order valence-electron chi connectivity index (χ3n) is 6.34. The van der Waals surface area contributed by atoms with Crippen LogP contribution in [0.3, 0.4) is 0 Å². The smallest absolute Gasteiger partial charge is 0.137 e. The monoisotopic (exact) mass is 470 g/mol. The molecule has 0 amide bonds. The molecule has 1 aromatic heterocycles. The number of aliphatic imine (C=N–C) groups is 1. The number of hydrogen-bond acceptors (Lipinski definition) is 3. The lowest BCUT2D eigenvalue weighted by Crippen LogP contribution is -2.13. The second-order valence-corrected chi connectivity index (χ2v) is 9.64. The first-order chi connectivity index (χ1) is 16.7. The molecule has 2 atom stereocenters. The first-order valence-corrected chi connectivity index (χ1v) is 12.9. The molecule has 2 unspecified atom stereocenters. The van der Waals surface area contributed by atoms with Gasteiger partial charge in [0.1, 0.15) is 11.5 Å². The number of aromatic nitrogens is 1. The molecule has 0 spiro atoms. The lowest BCUT2D eigenvalue weighted by atomic mass is 9.90. The zero-order valence-electron chi connectivity index (χ0n) is 22.9. The SMILES string of the molecule is C=C/C(=C\N=C(\c1ccc(C#CCCC)cc1Oc1cc(C)nc(C)c1)C(C)CC)C(C)C(C)C. The number of aryl methyl sites for hydroxylation is 2. The van der Waals surface area contributed by atoms with Crippen LogP contribution in [0.5, 0.6) is 11.5 Å². The van der Waals surface area contributed by atoms with E-state index >= 15 is 0 Å². The summed E-state index contributed by atoms with van der Waals surface area (Å²) in [6, 6.07) is 10.1. The van der Waals surface area contributed by atoms with Crippen molar-refractivity contribution >= 4 is 5.71 Å². The highest BCUT2D eigenvalue weighted by atomic mass is 16.5. The van der Waals surface area contributed by atoms with Crippen LogP contribution in [0, 0.1) is 43.4 Å². The molecule has 0 aliphatic heterocycles. The van der Waals surface area contributed by atoms with Gasteiger partial charge in [0.25, 0.3) is 0 Å². The summed E-state index contributed by atoms with van der Waals surface area (Å²) in [4.78, 5) is 9.52. The minimum Gasteiger partial charge on any atom is -0.456 e. The molecule has 0 fully saturated rings. The van der Waals surface area contributed by atoms with Crippen molar-refractivity contribution in [1.82, 2.24) is 4.98 Å². The summed E-state index contributed by atoms with van der Waals surface area (Å²) in [5, 5.41) is 0. The highest BCUT2D eigenvalue weighted by Gasteiger charge is 2.18. The van der Waals surface area contributed by atoms with Crippen LogP contribution >= 0.6 is 0 Å². The van der Waals surface area contributed by atoms with Gasteiger partial charge in [0, 0.05) is 47.3 Å². The van der Waals surface area contributed by atoms with Gasteiger partial charge in [-0.2, -0.15) is 0 Å². The summed E-state index contributed by atoms with van der Waals surface area (Å²) >= 11 is 0. The van der Waals surface area contributed by atoms with Crippen molar-refractivity contribution < 1.29 is 4.74 Å². The average Bonchev–Trinajstić information content (AvgIpc) is 2.81. The first-order valence-electron chi connectivity index (χ1n) is 12.9. The van der Waals surface area contributed by atoms with E-state index in [1.807, 2.05) is 44.3 Å². The standard InChI is InChI=1S/C32H42N2O/c1-10-13-14-15-27-16-17-30(31(20-27)35-29-18-24(7)34-25(8)19-29)32(23(6)11-2)33-21-28(12-3)26(9)22(4)5/h12,16-23,26H,3,10-11,13H2,1-2,4-9H3/b28-21+,33-32+. The average molecular weight is 471 g/mol. The zero-order chi connectivity index (χ0) is 26.0. The van der Waals surface area contributed by atoms with Gasteiger partial charge in [0.05, 0.1) is 5.71 Å². The maximum Gasteiger partial charge on any atom is 0.137 e. The molecule has 0 N–H and O–H groups in total. The van der Waals surface area contributed by atoms with Crippen LogP contribution < -0.4 is 4.74 Å². The topological polar surface area (TPSA) is 34.5 Å². The number of pyridine rings is 1. The van der Waals surface area contributed by atoms with Gasteiger partial charge in [-0.05, 0) is 68.2 Å². The molecule has 186 valence electrons. The maximum absolute atomic E-state index is 6.48. The van der Waals surface area contributed by atoms with E-state index < -0.39 is 0 Å². The normalized spacial score (nSPS) is 13.7. The molecule has 2 rings (SSSR count). The third kappa shape index (κ3) is 8.25. The fourth-order valence-corrected chi connectivity index (χ4v) is 3.71. The Morgan fingerprint density at radius 2 is 1.77 bits per heavy atom. The van der Waals surface area contributed by atoms with Gasteiger partial charge in [-0.15, -0.1) is 0 Å². The molecular weight excluding hydrogens is 428 g/mol. The summed E-state index contributed by atoms with van der Waals surface area (Å²) < 4.78 is 6.48. The Bertz CT molecular complexity index is 1110.